The predicted octanol–water partition coefficient (Wildman–Crippen LogP) is 2.34. The van der Waals surface area contributed by atoms with E-state index in [1.54, 1.807) is 0 Å². The van der Waals surface area contributed by atoms with Crippen molar-refractivity contribution in [2.75, 3.05) is 19.8 Å². The molecule has 0 saturated carbocycles. The van der Waals surface area contributed by atoms with Crippen molar-refractivity contribution in [3.8, 4) is 0 Å². The third-order valence-electron chi connectivity index (χ3n) is 3.08. The first-order chi connectivity index (χ1) is 7.77. The molecule has 16 heavy (non-hydrogen) atoms. The number of hydrogen-bond acceptors (Lipinski definition) is 2. The molecule has 1 aromatic carbocycles. The zero-order valence-electron chi connectivity index (χ0n) is 10.2. The van der Waals surface area contributed by atoms with Gasteiger partial charge in [-0.05, 0) is 17.5 Å². The van der Waals surface area contributed by atoms with Crippen LogP contribution in [0.1, 0.15) is 30.9 Å². The molecule has 2 nitrogen and oxygen atoms in total. The molecule has 1 aliphatic rings. The highest BCUT2D eigenvalue weighted by Gasteiger charge is 2.24. The lowest BCUT2D eigenvalue weighted by Gasteiger charge is -2.29. The molecule has 1 N–H and O–H groups in total. The second-order valence-corrected chi connectivity index (χ2v) is 4.78. The average molecular weight is 219 g/mol. The van der Waals surface area contributed by atoms with E-state index < -0.39 is 0 Å². The van der Waals surface area contributed by atoms with Gasteiger partial charge in [0.2, 0.25) is 0 Å². The average Bonchev–Trinajstić information content (AvgIpc) is 2.23. The van der Waals surface area contributed by atoms with Crippen LogP contribution in [0.5, 0.6) is 0 Å². The number of fused-ring (bicyclic) bond motifs is 1. The molecule has 0 spiro atoms. The molecule has 2 heteroatoms. The monoisotopic (exact) mass is 219 g/mol. The maximum Gasteiger partial charge on any atom is 0.0591 e. The minimum Gasteiger partial charge on any atom is -0.379 e. The van der Waals surface area contributed by atoms with Crippen LogP contribution in [0.4, 0.5) is 0 Å². The van der Waals surface area contributed by atoms with Gasteiger partial charge in [0.25, 0.3) is 0 Å². The summed E-state index contributed by atoms with van der Waals surface area (Å²) in [6, 6.07) is 9.21. The minimum absolute atomic E-state index is 0.549. The van der Waals surface area contributed by atoms with Gasteiger partial charge in [-0.3, -0.25) is 0 Å². The van der Waals surface area contributed by atoms with Gasteiger partial charge in [-0.15, -0.1) is 0 Å². The van der Waals surface area contributed by atoms with Crippen LogP contribution in [-0.2, 0) is 11.2 Å². The van der Waals surface area contributed by atoms with Crippen molar-refractivity contribution >= 4 is 0 Å². The van der Waals surface area contributed by atoms with Crippen molar-refractivity contribution in [1.82, 2.24) is 5.32 Å². The maximum atomic E-state index is 5.68. The van der Waals surface area contributed by atoms with Gasteiger partial charge < -0.3 is 10.1 Å². The van der Waals surface area contributed by atoms with Gasteiger partial charge in [0.15, 0.2) is 0 Å². The molecule has 0 heterocycles. The third kappa shape index (κ3) is 2.83. The summed E-state index contributed by atoms with van der Waals surface area (Å²) in [7, 11) is 0. The topological polar surface area (TPSA) is 21.3 Å². The normalized spacial score (nSPS) is 18.3. The third-order valence-corrected chi connectivity index (χ3v) is 3.08. The van der Waals surface area contributed by atoms with Gasteiger partial charge in [0.05, 0.1) is 13.2 Å². The first-order valence-corrected chi connectivity index (χ1v) is 6.16. The Hall–Kier alpha value is -0.860. The summed E-state index contributed by atoms with van der Waals surface area (Å²) in [5.74, 6) is 0.634. The molecule has 88 valence electrons. The Balaban J connectivity index is 1.63. The number of nitrogens with one attached hydrogen (secondary N) is 1. The molecule has 0 bridgehead atoms. The van der Waals surface area contributed by atoms with Crippen molar-refractivity contribution in [3.05, 3.63) is 35.4 Å². The van der Waals surface area contributed by atoms with E-state index in [1.165, 1.54) is 17.5 Å². The van der Waals surface area contributed by atoms with Crippen molar-refractivity contribution in [3.63, 3.8) is 0 Å². The molecule has 2 rings (SSSR count). The van der Waals surface area contributed by atoms with Crippen LogP contribution >= 0.6 is 0 Å². The largest absolute Gasteiger partial charge is 0.379 e. The maximum absolute atomic E-state index is 5.68. The Bertz CT molecular complexity index is 335. The second kappa shape index (κ2) is 5.46. The van der Waals surface area contributed by atoms with E-state index in [1.807, 2.05) is 0 Å². The molecule has 1 aromatic rings. The lowest BCUT2D eigenvalue weighted by atomic mass is 9.78. The zero-order valence-corrected chi connectivity index (χ0v) is 10.2. The van der Waals surface area contributed by atoms with Gasteiger partial charge in [-0.25, -0.2) is 0 Å². The van der Waals surface area contributed by atoms with Gasteiger partial charge in [0, 0.05) is 18.5 Å². The molecular weight excluding hydrogens is 198 g/mol. The predicted molar refractivity (Wildman–Crippen MR) is 66.8 cm³/mol. The molecule has 0 saturated heterocycles. The van der Waals surface area contributed by atoms with Gasteiger partial charge in [-0.2, -0.15) is 0 Å². The van der Waals surface area contributed by atoms with Crippen LogP contribution in [-0.4, -0.2) is 25.8 Å². The fraction of sp³-hybridized carbons (Fsp3) is 0.571. The van der Waals surface area contributed by atoms with E-state index in [-0.39, 0.29) is 0 Å². The smallest absolute Gasteiger partial charge is 0.0591 e. The lowest BCUT2D eigenvalue weighted by Crippen LogP contribution is -2.28. The summed E-state index contributed by atoms with van der Waals surface area (Å²) >= 11 is 0. The Morgan fingerprint density at radius 3 is 2.94 bits per heavy atom. The first-order valence-electron chi connectivity index (χ1n) is 6.16. The number of rotatable bonds is 6. The van der Waals surface area contributed by atoms with Gasteiger partial charge in [0.1, 0.15) is 0 Å². The summed E-state index contributed by atoms with van der Waals surface area (Å²) < 4.78 is 5.68. The summed E-state index contributed by atoms with van der Waals surface area (Å²) in [5, 5.41) is 3.35. The van der Waals surface area contributed by atoms with Crippen LogP contribution < -0.4 is 5.32 Å². The number of benzene rings is 1. The summed E-state index contributed by atoms with van der Waals surface area (Å²) in [6.07, 6.45) is 1.19. The molecule has 0 radical (unpaired) electrons. The Labute approximate surface area is 98.0 Å². The molecule has 0 fully saturated rings. The summed E-state index contributed by atoms with van der Waals surface area (Å²) in [4.78, 5) is 0. The van der Waals surface area contributed by atoms with E-state index in [4.69, 9.17) is 4.74 Å². The number of hydrogen-bond donors (Lipinski definition) is 1. The quantitative estimate of drug-likeness (QED) is 0.741. The van der Waals surface area contributed by atoms with Gasteiger partial charge >= 0.3 is 0 Å². The van der Waals surface area contributed by atoms with Crippen LogP contribution in [0.15, 0.2) is 24.3 Å². The highest BCUT2D eigenvalue weighted by atomic mass is 16.5. The highest BCUT2D eigenvalue weighted by Crippen LogP contribution is 2.34. The Morgan fingerprint density at radius 1 is 1.38 bits per heavy atom. The Morgan fingerprint density at radius 2 is 2.19 bits per heavy atom. The summed E-state index contributed by atoms with van der Waals surface area (Å²) in [6.45, 7) is 6.95. The van der Waals surface area contributed by atoms with E-state index in [2.05, 4.69) is 43.4 Å². The van der Waals surface area contributed by atoms with E-state index >= 15 is 0 Å². The van der Waals surface area contributed by atoms with E-state index in [0.29, 0.717) is 12.0 Å². The summed E-state index contributed by atoms with van der Waals surface area (Å²) in [5.41, 5.74) is 2.98. The van der Waals surface area contributed by atoms with E-state index in [9.17, 15) is 0 Å². The highest BCUT2D eigenvalue weighted by molar-refractivity contribution is 5.39. The van der Waals surface area contributed by atoms with Crippen LogP contribution in [0, 0.1) is 0 Å². The number of ether oxygens (including phenoxy) is 1. The molecule has 1 atom stereocenters. The minimum atomic E-state index is 0.549. The van der Waals surface area contributed by atoms with E-state index in [0.717, 1.165) is 19.8 Å². The molecular formula is C14H21NO. The zero-order chi connectivity index (χ0) is 11.4. The second-order valence-electron chi connectivity index (χ2n) is 4.78. The molecule has 0 amide bonds. The first kappa shape index (κ1) is 11.6. The molecule has 1 unspecified atom stereocenters. The fourth-order valence-electron chi connectivity index (χ4n) is 2.16. The van der Waals surface area contributed by atoms with Crippen LogP contribution in [0.25, 0.3) is 0 Å². The molecule has 1 aliphatic carbocycles. The molecule has 0 aliphatic heterocycles. The van der Waals surface area contributed by atoms with Crippen molar-refractivity contribution in [1.29, 1.82) is 0 Å². The van der Waals surface area contributed by atoms with Crippen molar-refractivity contribution in [2.24, 2.45) is 0 Å². The standard InChI is InChI=1S/C14H21NO/c1-11(2)15-7-8-16-10-13-9-12-5-3-4-6-14(12)13/h3-6,11,13,15H,7-10H2,1-2H3. The Kier molecular flexibility index (Phi) is 3.97. The van der Waals surface area contributed by atoms with Crippen molar-refractivity contribution in [2.45, 2.75) is 32.2 Å². The lowest BCUT2D eigenvalue weighted by molar-refractivity contribution is 0.115. The van der Waals surface area contributed by atoms with Crippen molar-refractivity contribution < 1.29 is 4.74 Å². The van der Waals surface area contributed by atoms with Crippen LogP contribution in [0.3, 0.4) is 0 Å². The van der Waals surface area contributed by atoms with Crippen LogP contribution in [0.2, 0.25) is 0 Å². The SMILES string of the molecule is CC(C)NCCOCC1Cc2ccccc21. The van der Waals surface area contributed by atoms with Gasteiger partial charge in [-0.1, -0.05) is 38.1 Å². The fourth-order valence-corrected chi connectivity index (χ4v) is 2.16. The molecule has 0 aromatic heterocycles.